The molecule has 0 bridgehead atoms. The van der Waals surface area contributed by atoms with Crippen molar-refractivity contribution >= 4 is 12.2 Å². The maximum absolute atomic E-state index is 13.6. The molecule has 1 aliphatic rings. The summed E-state index contributed by atoms with van der Waals surface area (Å²) >= 11 is 0. The highest BCUT2D eigenvalue weighted by Gasteiger charge is 2.42. The quantitative estimate of drug-likeness (QED) is 0.0803. The molecule has 2 aromatic rings. The van der Waals surface area contributed by atoms with Gasteiger partial charge in [0.1, 0.15) is 11.5 Å². The summed E-state index contributed by atoms with van der Waals surface area (Å²) in [4.78, 5) is 27.0. The molecule has 0 heterocycles. The van der Waals surface area contributed by atoms with Crippen molar-refractivity contribution in [2.75, 3.05) is 6.54 Å². The van der Waals surface area contributed by atoms with Crippen molar-refractivity contribution in [3.05, 3.63) is 58.7 Å². The summed E-state index contributed by atoms with van der Waals surface area (Å²) in [5.41, 5.74) is 4.73. The highest BCUT2D eigenvalue weighted by atomic mass is 16.6. The van der Waals surface area contributed by atoms with Crippen LogP contribution in [0.2, 0.25) is 0 Å². The molecular weight excluding hydrogens is 717 g/mol. The van der Waals surface area contributed by atoms with Crippen molar-refractivity contribution in [2.45, 2.75) is 228 Å². The van der Waals surface area contributed by atoms with Gasteiger partial charge in [-0.3, -0.25) is 0 Å². The molecule has 2 N–H and O–H groups in total. The summed E-state index contributed by atoms with van der Waals surface area (Å²) in [5, 5.41) is 6.39. The Morgan fingerprint density at radius 3 is 1.41 bits per heavy atom. The largest absolute Gasteiger partial charge is 0.412 e. The van der Waals surface area contributed by atoms with Gasteiger partial charge in [-0.2, -0.15) is 0 Å². The van der Waals surface area contributed by atoms with Crippen LogP contribution >= 0.6 is 0 Å². The summed E-state index contributed by atoms with van der Waals surface area (Å²) in [6.07, 6.45) is 30.5. The molecule has 2 atom stereocenters. The second-order valence-electron chi connectivity index (χ2n) is 19.1. The SMILES string of the molecule is CCCCCCCc1ccc(OC(=O)NCC2(C)CC(NC(=O)Oc3ccc(CCCCCCC)cc3CCCCCCC)CC(C)(C)C2)c(CCCCCCC)c1. The molecule has 0 saturated heterocycles. The minimum absolute atomic E-state index is 0.0176. The average molecular weight is 803 g/mol. The molecule has 58 heavy (non-hydrogen) atoms. The molecule has 3 rings (SSSR count). The van der Waals surface area contributed by atoms with Gasteiger partial charge in [-0.25, -0.2) is 9.59 Å². The molecule has 2 amide bonds. The van der Waals surface area contributed by atoms with E-state index in [0.29, 0.717) is 18.0 Å². The monoisotopic (exact) mass is 803 g/mol. The molecule has 0 aromatic heterocycles. The summed E-state index contributed by atoms with van der Waals surface area (Å²) < 4.78 is 12.2. The number of unbranched alkanes of at least 4 members (excludes halogenated alkanes) is 16. The van der Waals surface area contributed by atoms with E-state index in [1.807, 2.05) is 12.1 Å². The summed E-state index contributed by atoms with van der Waals surface area (Å²) in [7, 11) is 0. The normalized spacial score (nSPS) is 17.5. The number of hydrogen-bond acceptors (Lipinski definition) is 4. The average Bonchev–Trinajstić information content (AvgIpc) is 3.17. The fourth-order valence-corrected chi connectivity index (χ4v) is 9.46. The molecule has 0 radical (unpaired) electrons. The molecule has 1 fully saturated rings. The molecular formula is C52H86N2O4. The Hall–Kier alpha value is -3.02. The topological polar surface area (TPSA) is 76.7 Å². The van der Waals surface area contributed by atoms with Gasteiger partial charge in [0.25, 0.3) is 0 Å². The first-order chi connectivity index (χ1) is 28.0. The Balaban J connectivity index is 1.61. The third-order valence-corrected chi connectivity index (χ3v) is 12.3. The first-order valence-corrected chi connectivity index (χ1v) is 24.2. The minimum Gasteiger partial charge on any atom is -0.410 e. The Morgan fingerprint density at radius 1 is 0.552 bits per heavy atom. The van der Waals surface area contributed by atoms with E-state index in [9.17, 15) is 9.59 Å². The molecule has 0 spiro atoms. The van der Waals surface area contributed by atoms with Crippen LogP contribution in [0.4, 0.5) is 9.59 Å². The van der Waals surface area contributed by atoms with Gasteiger partial charge < -0.3 is 20.1 Å². The molecule has 1 saturated carbocycles. The van der Waals surface area contributed by atoms with E-state index in [4.69, 9.17) is 9.47 Å². The van der Waals surface area contributed by atoms with Crippen molar-refractivity contribution in [3.8, 4) is 11.5 Å². The molecule has 328 valence electrons. The van der Waals surface area contributed by atoms with Crippen LogP contribution in [0.15, 0.2) is 36.4 Å². The lowest BCUT2D eigenvalue weighted by Crippen LogP contribution is -2.51. The summed E-state index contributed by atoms with van der Waals surface area (Å²) in [6, 6.07) is 12.8. The van der Waals surface area contributed by atoms with Crippen LogP contribution in [0.3, 0.4) is 0 Å². The number of hydrogen-bond donors (Lipinski definition) is 2. The van der Waals surface area contributed by atoms with Gasteiger partial charge in [-0.05, 0) is 116 Å². The Bertz CT molecular complexity index is 1450. The van der Waals surface area contributed by atoms with Crippen LogP contribution in [-0.2, 0) is 25.7 Å². The fourth-order valence-electron chi connectivity index (χ4n) is 9.46. The highest BCUT2D eigenvalue weighted by molar-refractivity contribution is 5.72. The molecule has 6 nitrogen and oxygen atoms in total. The van der Waals surface area contributed by atoms with Gasteiger partial charge in [-0.15, -0.1) is 0 Å². The minimum atomic E-state index is -0.403. The van der Waals surface area contributed by atoms with Crippen LogP contribution in [0.25, 0.3) is 0 Å². The number of rotatable bonds is 29. The Morgan fingerprint density at radius 2 is 0.966 bits per heavy atom. The lowest BCUT2D eigenvalue weighted by Gasteiger charge is -2.46. The van der Waals surface area contributed by atoms with Crippen molar-refractivity contribution in [1.29, 1.82) is 0 Å². The zero-order valence-corrected chi connectivity index (χ0v) is 38.5. The number of carbonyl (C=O) groups is 2. The Kier molecular flexibility index (Phi) is 23.6. The van der Waals surface area contributed by atoms with Crippen LogP contribution in [0.1, 0.15) is 218 Å². The van der Waals surface area contributed by atoms with Crippen LogP contribution in [0.5, 0.6) is 11.5 Å². The molecule has 0 aliphatic heterocycles. The van der Waals surface area contributed by atoms with Crippen LogP contribution in [-0.4, -0.2) is 24.8 Å². The van der Waals surface area contributed by atoms with Gasteiger partial charge in [0.05, 0.1) is 0 Å². The second kappa shape index (κ2) is 27.7. The number of ether oxygens (including phenoxy) is 2. The van der Waals surface area contributed by atoms with E-state index in [1.54, 1.807) is 0 Å². The molecule has 6 heteroatoms. The lowest BCUT2D eigenvalue weighted by molar-refractivity contribution is 0.0701. The summed E-state index contributed by atoms with van der Waals surface area (Å²) in [6.45, 7) is 16.2. The molecule has 2 unspecified atom stereocenters. The third kappa shape index (κ3) is 19.8. The second-order valence-corrected chi connectivity index (χ2v) is 19.1. The summed E-state index contributed by atoms with van der Waals surface area (Å²) in [5.74, 6) is 1.37. The van der Waals surface area contributed by atoms with Crippen LogP contribution < -0.4 is 20.1 Å². The number of aryl methyl sites for hydroxylation is 4. The van der Waals surface area contributed by atoms with Crippen molar-refractivity contribution < 1.29 is 19.1 Å². The smallest absolute Gasteiger partial charge is 0.410 e. The number of nitrogens with one attached hydrogen (secondary N) is 2. The predicted molar refractivity (Wildman–Crippen MR) is 245 cm³/mol. The number of benzene rings is 2. The first kappa shape index (κ1) is 49.3. The van der Waals surface area contributed by atoms with Crippen molar-refractivity contribution in [2.24, 2.45) is 10.8 Å². The van der Waals surface area contributed by atoms with E-state index in [0.717, 1.165) is 68.9 Å². The third-order valence-electron chi connectivity index (χ3n) is 12.3. The highest BCUT2D eigenvalue weighted by Crippen LogP contribution is 2.46. The van der Waals surface area contributed by atoms with E-state index >= 15 is 0 Å². The molecule has 1 aliphatic carbocycles. The van der Waals surface area contributed by atoms with Gasteiger partial charge in [0, 0.05) is 12.6 Å². The van der Waals surface area contributed by atoms with E-state index in [2.05, 4.69) is 83.4 Å². The maximum Gasteiger partial charge on any atom is 0.412 e. The van der Waals surface area contributed by atoms with Gasteiger partial charge in [0.2, 0.25) is 0 Å². The fraction of sp³-hybridized carbons (Fsp3) is 0.731. The van der Waals surface area contributed by atoms with Crippen molar-refractivity contribution in [1.82, 2.24) is 10.6 Å². The lowest BCUT2D eigenvalue weighted by atomic mass is 9.62. The van der Waals surface area contributed by atoms with Gasteiger partial charge >= 0.3 is 12.2 Å². The van der Waals surface area contributed by atoms with Crippen molar-refractivity contribution in [3.63, 3.8) is 0 Å². The predicted octanol–water partition coefficient (Wildman–Crippen LogP) is 15.2. The van der Waals surface area contributed by atoms with E-state index in [-0.39, 0.29) is 23.0 Å². The van der Waals surface area contributed by atoms with Gasteiger partial charge in [0.15, 0.2) is 0 Å². The van der Waals surface area contributed by atoms with E-state index < -0.39 is 6.09 Å². The van der Waals surface area contributed by atoms with Gasteiger partial charge in [-0.1, -0.05) is 175 Å². The van der Waals surface area contributed by atoms with E-state index in [1.165, 1.54) is 127 Å². The number of amides is 2. The zero-order valence-electron chi connectivity index (χ0n) is 38.5. The standard InChI is InChI=1S/C52H86N2O4/c1-8-12-16-20-24-28-42-32-34-47(44(36-42)30-26-22-18-14-10-3)57-49(55)53-41-52(7)39-46(38-51(5,6)40-52)54-50(56)58-48-35-33-43(29-25-21-17-13-9-2)37-45(48)31-27-23-19-15-11-4/h32-37,46H,8-31,38-41H2,1-7H3,(H,53,55)(H,54,56). The maximum atomic E-state index is 13.6. The molecule has 2 aromatic carbocycles. The van der Waals surface area contributed by atoms with Crippen LogP contribution in [0, 0.1) is 10.8 Å². The Labute approximate surface area is 356 Å². The zero-order chi connectivity index (χ0) is 42.1. The first-order valence-electron chi connectivity index (χ1n) is 24.2. The number of carbonyl (C=O) groups excluding carboxylic acids is 2.